The summed E-state index contributed by atoms with van der Waals surface area (Å²) in [6.45, 7) is 3.50. The van der Waals surface area contributed by atoms with Crippen molar-refractivity contribution in [2.24, 2.45) is 0 Å². The Labute approximate surface area is 171 Å². The molecule has 1 N–H and O–H groups in total. The number of carbonyl (C=O) groups is 1. The van der Waals surface area contributed by atoms with Gasteiger partial charge in [-0.1, -0.05) is 0 Å². The Bertz CT molecular complexity index is 753. The summed E-state index contributed by atoms with van der Waals surface area (Å²) < 4.78 is 15.5. The van der Waals surface area contributed by atoms with Crippen LogP contribution in [0.3, 0.4) is 0 Å². The van der Waals surface area contributed by atoms with E-state index in [9.17, 15) is 10.1 Å². The van der Waals surface area contributed by atoms with Crippen LogP contribution in [0.5, 0.6) is 0 Å². The third kappa shape index (κ3) is 5.80. The van der Waals surface area contributed by atoms with Crippen LogP contribution in [0.15, 0.2) is 17.7 Å². The summed E-state index contributed by atoms with van der Waals surface area (Å²) in [5.41, 5.74) is 4.85. The minimum atomic E-state index is -0.638. The molecule has 2 heterocycles. The highest BCUT2D eigenvalue weighted by molar-refractivity contribution is 5.98. The summed E-state index contributed by atoms with van der Waals surface area (Å²) in [6.07, 6.45) is 5.96. The highest BCUT2D eigenvalue weighted by Gasteiger charge is 2.24. The number of nitrogens with zero attached hydrogens (tertiary/aromatic N) is 2. The van der Waals surface area contributed by atoms with Gasteiger partial charge in [0.05, 0.1) is 33.0 Å². The third-order valence-electron chi connectivity index (χ3n) is 5.07. The smallest absolute Gasteiger partial charge is 0.348 e. The molecule has 0 unspecified atom stereocenters. The predicted octanol–water partition coefficient (Wildman–Crippen LogP) is 1.86. The van der Waals surface area contributed by atoms with Crippen LogP contribution in [0.25, 0.3) is 6.08 Å². The number of carbonyl (C=O) groups excluding carboxylic acids is 1. The van der Waals surface area contributed by atoms with E-state index in [0.29, 0.717) is 13.2 Å². The summed E-state index contributed by atoms with van der Waals surface area (Å²) in [7, 11) is 0. The Balaban J connectivity index is 1.56. The van der Waals surface area contributed by atoms with E-state index in [-0.39, 0.29) is 32.0 Å². The molecular formula is C22H28N2O5. The zero-order valence-corrected chi connectivity index (χ0v) is 16.7. The van der Waals surface area contributed by atoms with Crippen LogP contribution in [-0.2, 0) is 31.8 Å². The second-order valence-electron chi connectivity index (χ2n) is 7.14. The van der Waals surface area contributed by atoms with Crippen molar-refractivity contribution in [3.05, 3.63) is 34.4 Å². The SMILES string of the molecule is N#CC(=Cc1cc2c3c(c1)CCCN3CCC2)C(=O)OCCOCCOCCO. The number of aryl methyl sites for hydroxylation is 2. The molecule has 156 valence electrons. The molecule has 1 aromatic carbocycles. The van der Waals surface area contributed by atoms with Crippen LogP contribution in [0.2, 0.25) is 0 Å². The molecule has 0 fully saturated rings. The van der Waals surface area contributed by atoms with Gasteiger partial charge in [0, 0.05) is 18.8 Å². The van der Waals surface area contributed by atoms with E-state index in [1.807, 2.05) is 6.07 Å². The van der Waals surface area contributed by atoms with Gasteiger partial charge in [-0.05, 0) is 60.6 Å². The number of nitriles is 1. The molecule has 29 heavy (non-hydrogen) atoms. The van der Waals surface area contributed by atoms with E-state index in [1.165, 1.54) is 16.8 Å². The van der Waals surface area contributed by atoms with Gasteiger partial charge in [-0.25, -0.2) is 4.79 Å². The summed E-state index contributed by atoms with van der Waals surface area (Å²) in [6, 6.07) is 6.14. The van der Waals surface area contributed by atoms with Gasteiger partial charge in [0.2, 0.25) is 0 Å². The second kappa shape index (κ2) is 11.0. The number of anilines is 1. The van der Waals surface area contributed by atoms with Crippen molar-refractivity contribution in [3.8, 4) is 6.07 Å². The lowest BCUT2D eigenvalue weighted by atomic mass is 9.90. The van der Waals surface area contributed by atoms with Crippen molar-refractivity contribution in [2.45, 2.75) is 25.7 Å². The summed E-state index contributed by atoms with van der Waals surface area (Å²) in [5, 5.41) is 18.0. The average Bonchev–Trinajstić information content (AvgIpc) is 2.74. The lowest BCUT2D eigenvalue weighted by Gasteiger charge is -2.37. The minimum Gasteiger partial charge on any atom is -0.459 e. The van der Waals surface area contributed by atoms with Gasteiger partial charge < -0.3 is 24.2 Å². The summed E-state index contributed by atoms with van der Waals surface area (Å²) in [4.78, 5) is 14.7. The fourth-order valence-electron chi connectivity index (χ4n) is 3.87. The average molecular weight is 400 g/mol. The summed E-state index contributed by atoms with van der Waals surface area (Å²) in [5.74, 6) is -0.638. The summed E-state index contributed by atoms with van der Waals surface area (Å²) >= 11 is 0. The quantitative estimate of drug-likeness (QED) is 0.277. The van der Waals surface area contributed by atoms with Crippen LogP contribution in [0, 0.1) is 11.3 Å². The zero-order valence-electron chi connectivity index (χ0n) is 16.7. The van der Waals surface area contributed by atoms with Gasteiger partial charge in [0.25, 0.3) is 0 Å². The first kappa shape index (κ1) is 21.3. The largest absolute Gasteiger partial charge is 0.459 e. The lowest BCUT2D eigenvalue weighted by molar-refractivity contribution is -0.140. The molecule has 2 aliphatic rings. The first-order valence-electron chi connectivity index (χ1n) is 10.2. The fraction of sp³-hybridized carbons (Fsp3) is 0.545. The highest BCUT2D eigenvalue weighted by atomic mass is 16.6. The fourth-order valence-corrected chi connectivity index (χ4v) is 3.87. The molecule has 0 amide bonds. The van der Waals surface area contributed by atoms with E-state index < -0.39 is 5.97 Å². The topological polar surface area (TPSA) is 92.0 Å². The molecule has 0 aliphatic carbocycles. The maximum Gasteiger partial charge on any atom is 0.348 e. The minimum absolute atomic E-state index is 0.00750. The van der Waals surface area contributed by atoms with E-state index in [4.69, 9.17) is 19.3 Å². The lowest BCUT2D eigenvalue weighted by Crippen LogP contribution is -2.34. The molecule has 7 heteroatoms. The Morgan fingerprint density at radius 2 is 1.69 bits per heavy atom. The van der Waals surface area contributed by atoms with Gasteiger partial charge in [0.15, 0.2) is 0 Å². The van der Waals surface area contributed by atoms with Gasteiger partial charge in [-0.3, -0.25) is 0 Å². The van der Waals surface area contributed by atoms with E-state index in [1.54, 1.807) is 6.08 Å². The first-order valence-corrected chi connectivity index (χ1v) is 10.2. The van der Waals surface area contributed by atoms with Crippen molar-refractivity contribution < 1.29 is 24.1 Å². The first-order chi connectivity index (χ1) is 14.2. The molecule has 0 saturated heterocycles. The normalized spacial score (nSPS) is 15.6. The van der Waals surface area contributed by atoms with Crippen LogP contribution >= 0.6 is 0 Å². The zero-order chi connectivity index (χ0) is 20.5. The van der Waals surface area contributed by atoms with Gasteiger partial charge in [-0.2, -0.15) is 5.26 Å². The van der Waals surface area contributed by atoms with Crippen molar-refractivity contribution in [1.29, 1.82) is 5.26 Å². The maximum atomic E-state index is 12.2. The van der Waals surface area contributed by atoms with Crippen LogP contribution < -0.4 is 4.90 Å². The number of aliphatic hydroxyl groups is 1. The molecule has 0 aromatic heterocycles. The van der Waals surface area contributed by atoms with Crippen molar-refractivity contribution in [2.75, 3.05) is 57.6 Å². The van der Waals surface area contributed by atoms with Crippen molar-refractivity contribution in [3.63, 3.8) is 0 Å². The third-order valence-corrected chi connectivity index (χ3v) is 5.07. The number of esters is 1. The molecular weight excluding hydrogens is 372 g/mol. The van der Waals surface area contributed by atoms with Crippen LogP contribution in [-0.4, -0.2) is 63.8 Å². The highest BCUT2D eigenvalue weighted by Crippen LogP contribution is 2.36. The van der Waals surface area contributed by atoms with Crippen LogP contribution in [0.4, 0.5) is 5.69 Å². The van der Waals surface area contributed by atoms with E-state index in [0.717, 1.165) is 44.3 Å². The monoisotopic (exact) mass is 400 g/mol. The van der Waals surface area contributed by atoms with E-state index in [2.05, 4.69) is 17.0 Å². The molecule has 0 atom stereocenters. The molecule has 1 aromatic rings. The molecule has 7 nitrogen and oxygen atoms in total. The number of ether oxygens (including phenoxy) is 3. The Morgan fingerprint density at radius 1 is 1.07 bits per heavy atom. The second-order valence-corrected chi connectivity index (χ2v) is 7.14. The molecule has 0 spiro atoms. The number of hydrogen-bond acceptors (Lipinski definition) is 7. The predicted molar refractivity (Wildman–Crippen MR) is 109 cm³/mol. The maximum absolute atomic E-state index is 12.2. The molecule has 3 rings (SSSR count). The standard InChI is InChI=1S/C22H28N2O5/c23-16-20(22(26)29-12-11-28-10-9-27-8-7-25)15-17-13-18-3-1-5-24-6-2-4-19(14-17)21(18)24/h13-15,25H,1-12H2. The Kier molecular flexibility index (Phi) is 8.05. The molecule has 2 aliphatic heterocycles. The van der Waals surface area contributed by atoms with Gasteiger partial charge in [0.1, 0.15) is 18.2 Å². The Hall–Kier alpha value is -2.40. The molecule has 0 radical (unpaired) electrons. The number of benzene rings is 1. The Morgan fingerprint density at radius 3 is 2.31 bits per heavy atom. The van der Waals surface area contributed by atoms with E-state index >= 15 is 0 Å². The van der Waals surface area contributed by atoms with Crippen LogP contribution in [0.1, 0.15) is 29.5 Å². The van der Waals surface area contributed by atoms with Gasteiger partial charge >= 0.3 is 5.97 Å². The molecule has 0 bridgehead atoms. The number of rotatable bonds is 10. The molecule has 0 saturated carbocycles. The van der Waals surface area contributed by atoms with Crippen molar-refractivity contribution in [1.82, 2.24) is 0 Å². The van der Waals surface area contributed by atoms with Gasteiger partial charge in [-0.15, -0.1) is 0 Å². The van der Waals surface area contributed by atoms with Crippen molar-refractivity contribution >= 4 is 17.7 Å². The number of hydrogen-bond donors (Lipinski definition) is 1. The number of aliphatic hydroxyl groups excluding tert-OH is 1.